The van der Waals surface area contributed by atoms with Crippen molar-refractivity contribution in [1.82, 2.24) is 10.3 Å². The Bertz CT molecular complexity index is 1240. The summed E-state index contributed by atoms with van der Waals surface area (Å²) in [7, 11) is -4.59. The summed E-state index contributed by atoms with van der Waals surface area (Å²) < 4.78 is 80.0. The molecule has 3 rings (SSSR count). The van der Waals surface area contributed by atoms with Crippen molar-refractivity contribution in [3.63, 3.8) is 0 Å². The summed E-state index contributed by atoms with van der Waals surface area (Å²) >= 11 is 6.04. The Morgan fingerprint density at radius 1 is 1.03 bits per heavy atom. The quantitative estimate of drug-likeness (QED) is 0.487. The summed E-state index contributed by atoms with van der Waals surface area (Å²) in [5.74, 6) is -1.52. The predicted octanol–water partition coefficient (Wildman–Crippen LogP) is 4.40. The normalized spacial score (nSPS) is 11.8. The number of nitrogens with one attached hydrogen (secondary N) is 1. The molecule has 2 aromatic carbocycles. The number of amides is 1. The molecular formula is C21H16ClF4N3O3S. The summed E-state index contributed by atoms with van der Waals surface area (Å²) in [6.07, 6.45) is -1.79. The van der Waals surface area contributed by atoms with Gasteiger partial charge in [0.25, 0.3) is 10.0 Å². The minimum absolute atomic E-state index is 0.0299. The van der Waals surface area contributed by atoms with E-state index in [2.05, 4.69) is 10.3 Å². The maximum absolute atomic E-state index is 13.3. The second-order valence-corrected chi connectivity index (χ2v) is 9.03. The largest absolute Gasteiger partial charge is 0.416 e. The number of anilines is 1. The maximum Gasteiger partial charge on any atom is 0.416 e. The van der Waals surface area contributed by atoms with Crippen LogP contribution in [-0.4, -0.2) is 25.9 Å². The van der Waals surface area contributed by atoms with Gasteiger partial charge in [-0.25, -0.2) is 12.8 Å². The van der Waals surface area contributed by atoms with E-state index in [0.717, 1.165) is 30.3 Å². The first kappa shape index (κ1) is 24.5. The van der Waals surface area contributed by atoms with Crippen LogP contribution in [0.1, 0.15) is 11.1 Å². The Kier molecular flexibility index (Phi) is 7.23. The minimum atomic E-state index is -4.78. The molecule has 0 saturated carbocycles. The van der Waals surface area contributed by atoms with Crippen LogP contribution in [0.5, 0.6) is 0 Å². The van der Waals surface area contributed by atoms with Gasteiger partial charge in [-0.05, 0) is 60.2 Å². The maximum atomic E-state index is 13.3. The molecule has 33 heavy (non-hydrogen) atoms. The van der Waals surface area contributed by atoms with E-state index in [1.165, 1.54) is 12.4 Å². The summed E-state index contributed by atoms with van der Waals surface area (Å²) in [4.78, 5) is 16.0. The number of carbonyl (C=O) groups is 1. The van der Waals surface area contributed by atoms with Gasteiger partial charge in [-0.3, -0.25) is 14.1 Å². The number of benzene rings is 2. The van der Waals surface area contributed by atoms with Gasteiger partial charge in [0.05, 0.1) is 21.2 Å². The summed E-state index contributed by atoms with van der Waals surface area (Å²) in [5.41, 5.74) is -1.03. The topological polar surface area (TPSA) is 79.4 Å². The van der Waals surface area contributed by atoms with Gasteiger partial charge in [-0.15, -0.1) is 0 Å². The van der Waals surface area contributed by atoms with Crippen molar-refractivity contribution < 1.29 is 30.8 Å². The molecule has 3 aromatic rings. The molecule has 6 nitrogen and oxygen atoms in total. The van der Waals surface area contributed by atoms with Crippen molar-refractivity contribution in [2.24, 2.45) is 0 Å². The van der Waals surface area contributed by atoms with Crippen LogP contribution in [0.25, 0.3) is 0 Å². The van der Waals surface area contributed by atoms with Crippen LogP contribution in [0.2, 0.25) is 5.02 Å². The van der Waals surface area contributed by atoms with E-state index in [1.807, 2.05) is 0 Å². The first-order chi connectivity index (χ1) is 15.5. The lowest BCUT2D eigenvalue weighted by atomic mass is 10.2. The third-order valence-corrected chi connectivity index (χ3v) is 6.56. The minimum Gasteiger partial charge on any atom is -0.350 e. The standard InChI is InChI=1S/C21H16ClF4N3O3S/c22-18-6-1-15(21(24,25)26)11-19(18)29(33(31,32)17-4-2-16(23)3-5-17)13-20(30)28-12-14-7-9-27-10-8-14/h1-11H,12-13H2,(H,28,30). The summed E-state index contributed by atoms with van der Waals surface area (Å²) in [5, 5.41) is 2.17. The van der Waals surface area contributed by atoms with Gasteiger partial charge in [-0.2, -0.15) is 13.2 Å². The van der Waals surface area contributed by atoms with Crippen molar-refractivity contribution in [1.29, 1.82) is 0 Å². The van der Waals surface area contributed by atoms with E-state index >= 15 is 0 Å². The number of aromatic nitrogens is 1. The van der Waals surface area contributed by atoms with Crippen molar-refractivity contribution in [3.8, 4) is 0 Å². The number of alkyl halides is 3. The number of halogens is 5. The van der Waals surface area contributed by atoms with Gasteiger partial charge < -0.3 is 5.32 Å². The zero-order valence-electron chi connectivity index (χ0n) is 16.7. The lowest BCUT2D eigenvalue weighted by molar-refractivity contribution is -0.137. The number of hydrogen-bond acceptors (Lipinski definition) is 4. The molecule has 1 N–H and O–H groups in total. The first-order valence-electron chi connectivity index (χ1n) is 9.29. The SMILES string of the molecule is O=C(CN(c1cc(C(F)(F)F)ccc1Cl)S(=O)(=O)c1ccc(F)cc1)NCc1ccncc1. The molecule has 0 aliphatic rings. The van der Waals surface area contributed by atoms with Crippen LogP contribution in [0.3, 0.4) is 0 Å². The third kappa shape index (κ3) is 5.99. The Balaban J connectivity index is 2.00. The molecule has 174 valence electrons. The van der Waals surface area contributed by atoms with E-state index in [4.69, 9.17) is 11.6 Å². The van der Waals surface area contributed by atoms with Gasteiger partial charge in [0.15, 0.2) is 0 Å². The van der Waals surface area contributed by atoms with E-state index in [-0.39, 0.29) is 11.6 Å². The molecule has 0 aliphatic carbocycles. The second kappa shape index (κ2) is 9.75. The molecule has 0 aliphatic heterocycles. The van der Waals surface area contributed by atoms with E-state index < -0.39 is 50.6 Å². The second-order valence-electron chi connectivity index (χ2n) is 6.76. The van der Waals surface area contributed by atoms with Gasteiger partial charge in [0.1, 0.15) is 12.4 Å². The monoisotopic (exact) mass is 501 g/mol. The molecule has 0 atom stereocenters. The molecule has 0 fully saturated rings. The Hall–Kier alpha value is -3.18. The highest BCUT2D eigenvalue weighted by atomic mass is 35.5. The van der Waals surface area contributed by atoms with Gasteiger partial charge >= 0.3 is 6.18 Å². The van der Waals surface area contributed by atoms with Crippen molar-refractivity contribution >= 4 is 33.2 Å². The van der Waals surface area contributed by atoms with Crippen LogP contribution in [0, 0.1) is 5.82 Å². The molecule has 0 spiro atoms. The van der Waals surface area contributed by atoms with Crippen LogP contribution < -0.4 is 9.62 Å². The van der Waals surface area contributed by atoms with Gasteiger partial charge in [0, 0.05) is 18.9 Å². The molecular weight excluding hydrogens is 486 g/mol. The highest BCUT2D eigenvalue weighted by Gasteiger charge is 2.34. The number of pyridine rings is 1. The van der Waals surface area contributed by atoms with Crippen LogP contribution in [-0.2, 0) is 27.5 Å². The number of rotatable bonds is 7. The van der Waals surface area contributed by atoms with Gasteiger partial charge in [0.2, 0.25) is 5.91 Å². The van der Waals surface area contributed by atoms with Crippen LogP contribution in [0.4, 0.5) is 23.2 Å². The van der Waals surface area contributed by atoms with Crippen molar-refractivity contribution in [2.75, 3.05) is 10.8 Å². The van der Waals surface area contributed by atoms with Crippen molar-refractivity contribution in [2.45, 2.75) is 17.6 Å². The lowest BCUT2D eigenvalue weighted by Crippen LogP contribution is -2.41. The zero-order valence-corrected chi connectivity index (χ0v) is 18.3. The average molecular weight is 502 g/mol. The smallest absolute Gasteiger partial charge is 0.350 e. The van der Waals surface area contributed by atoms with E-state index in [0.29, 0.717) is 22.0 Å². The summed E-state index contributed by atoms with van der Waals surface area (Å²) in [6.45, 7) is -0.839. The van der Waals surface area contributed by atoms with E-state index in [9.17, 15) is 30.8 Å². The summed E-state index contributed by atoms with van der Waals surface area (Å²) in [6, 6.07) is 9.00. The highest BCUT2D eigenvalue weighted by Crippen LogP contribution is 2.37. The zero-order chi connectivity index (χ0) is 24.2. The molecule has 1 aromatic heterocycles. The predicted molar refractivity (Wildman–Crippen MR) is 113 cm³/mol. The van der Waals surface area contributed by atoms with Gasteiger partial charge in [-0.1, -0.05) is 11.6 Å². The molecule has 1 amide bonds. The third-order valence-electron chi connectivity index (χ3n) is 4.47. The van der Waals surface area contributed by atoms with Crippen LogP contribution in [0.15, 0.2) is 71.9 Å². The highest BCUT2D eigenvalue weighted by molar-refractivity contribution is 7.92. The molecule has 0 bridgehead atoms. The molecule has 0 unspecified atom stereocenters. The Morgan fingerprint density at radius 3 is 2.27 bits per heavy atom. The first-order valence-corrected chi connectivity index (χ1v) is 11.1. The Labute approximate surface area is 191 Å². The molecule has 1 heterocycles. The number of hydrogen-bond donors (Lipinski definition) is 1. The number of nitrogens with zero attached hydrogens (tertiary/aromatic N) is 2. The molecule has 0 radical (unpaired) electrons. The Morgan fingerprint density at radius 2 is 1.67 bits per heavy atom. The fraction of sp³-hybridized carbons (Fsp3) is 0.143. The molecule has 12 heteroatoms. The van der Waals surface area contributed by atoms with Crippen molar-refractivity contribution in [3.05, 3.63) is 89.0 Å². The fourth-order valence-corrected chi connectivity index (χ4v) is 4.50. The number of sulfonamides is 1. The fourth-order valence-electron chi connectivity index (χ4n) is 2.80. The lowest BCUT2D eigenvalue weighted by Gasteiger charge is -2.26. The van der Waals surface area contributed by atoms with E-state index in [1.54, 1.807) is 12.1 Å². The number of carbonyl (C=O) groups excluding carboxylic acids is 1. The van der Waals surface area contributed by atoms with Crippen LogP contribution >= 0.6 is 11.6 Å². The average Bonchev–Trinajstić information content (AvgIpc) is 2.77. The molecule has 0 saturated heterocycles.